The summed E-state index contributed by atoms with van der Waals surface area (Å²) in [7, 11) is 0. The third kappa shape index (κ3) is 3.55. The molecule has 1 heterocycles. The second kappa shape index (κ2) is 7.71. The summed E-state index contributed by atoms with van der Waals surface area (Å²) in [5.74, 6) is -0.260. The topological polar surface area (TPSA) is 53.2 Å². The minimum Gasteiger partial charge on any atom is -0.322 e. The second-order valence-corrected chi connectivity index (χ2v) is 6.82. The number of pyridine rings is 1. The van der Waals surface area contributed by atoms with Crippen molar-refractivity contribution in [3.05, 3.63) is 111 Å². The van der Waals surface area contributed by atoms with Crippen LogP contribution in [0.5, 0.6) is 0 Å². The molecule has 0 atom stereocenters. The van der Waals surface area contributed by atoms with Crippen LogP contribution in [0.2, 0.25) is 5.02 Å². The van der Waals surface area contributed by atoms with E-state index in [9.17, 15) is 9.59 Å². The molecule has 0 saturated heterocycles. The van der Waals surface area contributed by atoms with Gasteiger partial charge in [-0.3, -0.25) is 9.59 Å². The monoisotopic (exact) mass is 388 g/mol. The molecule has 1 aromatic heterocycles. The number of amides is 1. The van der Waals surface area contributed by atoms with E-state index in [1.54, 1.807) is 29.2 Å². The van der Waals surface area contributed by atoms with Crippen molar-refractivity contribution in [1.82, 2.24) is 4.98 Å². The number of nitrogens with one attached hydrogen (secondary N) is 1. The average Bonchev–Trinajstić information content (AvgIpc) is 2.72. The van der Waals surface area contributed by atoms with E-state index in [0.29, 0.717) is 21.8 Å². The van der Waals surface area contributed by atoms with Gasteiger partial charge in [0.05, 0.1) is 17.1 Å². The largest absolute Gasteiger partial charge is 0.322 e. The molecule has 4 rings (SSSR count). The van der Waals surface area contributed by atoms with Crippen LogP contribution < -0.4 is 10.5 Å². The van der Waals surface area contributed by atoms with Gasteiger partial charge in [-0.2, -0.15) is 0 Å². The number of aromatic nitrogens is 1. The quantitative estimate of drug-likeness (QED) is 0.533. The molecule has 0 spiro atoms. The van der Waals surface area contributed by atoms with E-state index >= 15 is 0 Å². The van der Waals surface area contributed by atoms with E-state index in [1.165, 1.54) is 0 Å². The summed E-state index contributed by atoms with van der Waals surface area (Å²) in [6, 6.07) is 25.6. The first-order valence-electron chi connectivity index (χ1n) is 8.86. The fraction of sp³-hybridized carbons (Fsp3) is 0.0435. The zero-order chi connectivity index (χ0) is 19.5. The van der Waals surface area contributed by atoms with Gasteiger partial charge in [-0.1, -0.05) is 60.1 Å². The van der Waals surface area contributed by atoms with Crippen molar-refractivity contribution >= 4 is 34.1 Å². The summed E-state index contributed by atoms with van der Waals surface area (Å²) >= 11 is 6.25. The Kier molecular flexibility index (Phi) is 4.96. The van der Waals surface area contributed by atoms with Crippen LogP contribution in [0.15, 0.2) is 89.7 Å². The molecule has 0 fully saturated rings. The number of rotatable bonds is 4. The van der Waals surface area contributed by atoms with Gasteiger partial charge in [0.15, 0.2) is 0 Å². The van der Waals surface area contributed by atoms with Crippen molar-refractivity contribution < 1.29 is 4.79 Å². The number of halogens is 1. The maximum absolute atomic E-state index is 13.3. The smallest absolute Gasteiger partial charge is 0.260 e. The van der Waals surface area contributed by atoms with Crippen LogP contribution in [0.3, 0.4) is 0 Å². The predicted octanol–water partition coefficient (Wildman–Crippen LogP) is 5.03. The lowest BCUT2D eigenvalue weighted by atomic mass is 10.1. The Morgan fingerprint density at radius 1 is 0.893 bits per heavy atom. The lowest BCUT2D eigenvalue weighted by Crippen LogP contribution is -2.33. The van der Waals surface area contributed by atoms with Crippen LogP contribution >= 0.6 is 11.6 Å². The van der Waals surface area contributed by atoms with Gasteiger partial charge in [0, 0.05) is 16.8 Å². The highest BCUT2D eigenvalue weighted by atomic mass is 35.5. The zero-order valence-corrected chi connectivity index (χ0v) is 15.7. The zero-order valence-electron chi connectivity index (χ0n) is 14.9. The third-order valence-corrected chi connectivity index (χ3v) is 4.91. The van der Waals surface area contributed by atoms with E-state index in [4.69, 9.17) is 11.6 Å². The average molecular weight is 389 g/mol. The van der Waals surface area contributed by atoms with E-state index in [0.717, 1.165) is 10.9 Å². The number of carbonyl (C=O) groups excluding carboxylic acids is 1. The minimum absolute atomic E-state index is 0.133. The number of fused-ring (bicyclic) bond motifs is 1. The summed E-state index contributed by atoms with van der Waals surface area (Å²) in [6.07, 6.45) is 0. The molecular weight excluding hydrogens is 372 g/mol. The maximum Gasteiger partial charge on any atom is 0.260 e. The van der Waals surface area contributed by atoms with E-state index < -0.39 is 0 Å². The van der Waals surface area contributed by atoms with Crippen molar-refractivity contribution in [2.45, 2.75) is 6.54 Å². The molecule has 0 aliphatic rings. The third-order valence-electron chi connectivity index (χ3n) is 4.58. The number of carbonyl (C=O) groups is 1. The number of nitrogens with zero attached hydrogens (tertiary/aromatic N) is 1. The van der Waals surface area contributed by atoms with Crippen LogP contribution in [0.25, 0.3) is 10.9 Å². The molecule has 0 radical (unpaired) electrons. The molecule has 5 heteroatoms. The van der Waals surface area contributed by atoms with Gasteiger partial charge in [-0.05, 0) is 41.8 Å². The van der Waals surface area contributed by atoms with Gasteiger partial charge in [0.2, 0.25) is 0 Å². The Hall–Kier alpha value is -3.37. The second-order valence-electron chi connectivity index (χ2n) is 6.42. The van der Waals surface area contributed by atoms with E-state index in [2.05, 4.69) is 4.98 Å². The summed E-state index contributed by atoms with van der Waals surface area (Å²) in [4.78, 5) is 30.3. The van der Waals surface area contributed by atoms with Crippen molar-refractivity contribution in [1.29, 1.82) is 0 Å². The molecule has 138 valence electrons. The molecular formula is C23H17ClN2O2. The minimum atomic E-state index is -0.260. The highest BCUT2D eigenvalue weighted by Gasteiger charge is 2.21. The van der Waals surface area contributed by atoms with Gasteiger partial charge in [0.1, 0.15) is 0 Å². The van der Waals surface area contributed by atoms with E-state index in [-0.39, 0.29) is 18.0 Å². The van der Waals surface area contributed by atoms with Crippen molar-refractivity contribution in [3.63, 3.8) is 0 Å². The molecule has 1 N–H and O–H groups in total. The Morgan fingerprint density at radius 2 is 1.57 bits per heavy atom. The Morgan fingerprint density at radius 3 is 2.36 bits per heavy atom. The number of aromatic amines is 1. The van der Waals surface area contributed by atoms with Crippen LogP contribution in [0, 0.1) is 0 Å². The molecule has 28 heavy (non-hydrogen) atoms. The van der Waals surface area contributed by atoms with Gasteiger partial charge in [-0.25, -0.2) is 0 Å². The number of para-hydroxylation sites is 2. The number of benzene rings is 3. The standard InChI is InChI=1S/C23H17ClN2O2/c24-20-12-6-5-11-19(20)23(28)26(18-9-2-1-3-10-18)15-17-14-16-8-4-7-13-21(16)25-22(17)27/h1-14H,15H2,(H,25,27). The molecule has 0 saturated carbocycles. The van der Waals surface area contributed by atoms with Gasteiger partial charge >= 0.3 is 0 Å². The summed E-state index contributed by atoms with van der Waals surface area (Å²) in [5, 5.41) is 1.29. The molecule has 3 aromatic carbocycles. The summed E-state index contributed by atoms with van der Waals surface area (Å²) in [5.41, 5.74) is 2.14. The van der Waals surface area contributed by atoms with Crippen molar-refractivity contribution in [3.8, 4) is 0 Å². The Labute approximate surface area is 167 Å². The fourth-order valence-corrected chi connectivity index (χ4v) is 3.37. The molecule has 4 nitrogen and oxygen atoms in total. The lowest BCUT2D eigenvalue weighted by molar-refractivity contribution is 0.0985. The molecule has 0 aliphatic carbocycles. The first kappa shape index (κ1) is 18.0. The highest BCUT2D eigenvalue weighted by Crippen LogP contribution is 2.23. The van der Waals surface area contributed by atoms with Crippen LogP contribution in [-0.2, 0) is 6.54 Å². The summed E-state index contributed by atoms with van der Waals surface area (Å²) < 4.78 is 0. The molecule has 0 aliphatic heterocycles. The van der Waals surface area contributed by atoms with Gasteiger partial charge in [-0.15, -0.1) is 0 Å². The van der Waals surface area contributed by atoms with Crippen LogP contribution in [0.4, 0.5) is 5.69 Å². The highest BCUT2D eigenvalue weighted by molar-refractivity contribution is 6.34. The fourth-order valence-electron chi connectivity index (χ4n) is 3.15. The predicted molar refractivity (Wildman–Crippen MR) is 113 cm³/mol. The summed E-state index contributed by atoms with van der Waals surface area (Å²) in [6.45, 7) is 0.133. The first-order valence-corrected chi connectivity index (χ1v) is 9.23. The number of anilines is 1. The number of H-pyrrole nitrogens is 1. The number of hydrogen-bond donors (Lipinski definition) is 1. The Bertz CT molecular complexity index is 1200. The number of hydrogen-bond acceptors (Lipinski definition) is 2. The first-order chi connectivity index (χ1) is 13.6. The maximum atomic E-state index is 13.3. The van der Waals surface area contributed by atoms with Crippen molar-refractivity contribution in [2.75, 3.05) is 4.90 Å². The van der Waals surface area contributed by atoms with E-state index in [1.807, 2.05) is 60.7 Å². The van der Waals surface area contributed by atoms with Crippen molar-refractivity contribution in [2.24, 2.45) is 0 Å². The molecule has 0 unspecified atom stereocenters. The van der Waals surface area contributed by atoms with Crippen LogP contribution in [0.1, 0.15) is 15.9 Å². The lowest BCUT2D eigenvalue weighted by Gasteiger charge is -2.23. The van der Waals surface area contributed by atoms with Gasteiger partial charge in [0.25, 0.3) is 11.5 Å². The van der Waals surface area contributed by atoms with Crippen LogP contribution in [-0.4, -0.2) is 10.9 Å². The SMILES string of the molecule is O=C(c1ccccc1Cl)N(Cc1cc2ccccc2[nH]c1=O)c1ccccc1. The van der Waals surface area contributed by atoms with Gasteiger partial charge < -0.3 is 9.88 Å². The normalized spacial score (nSPS) is 10.8. The molecule has 4 aromatic rings. The Balaban J connectivity index is 1.79. The molecule has 1 amide bonds. The molecule has 0 bridgehead atoms.